The van der Waals surface area contributed by atoms with Gasteiger partial charge in [-0.1, -0.05) is 31.2 Å². The lowest BCUT2D eigenvalue weighted by Crippen LogP contribution is -2.28. The second-order valence-electron chi connectivity index (χ2n) is 4.19. The lowest BCUT2D eigenvalue weighted by Gasteiger charge is -2.15. The standard InChI is InChI=1S/C14H18N2S/c1-3-11-4-6-12(7-5-11)14(16-15)13-8-10(2)17-9-13/h4-9,14,16H,3,15H2,1-2H3. The molecule has 1 aromatic heterocycles. The summed E-state index contributed by atoms with van der Waals surface area (Å²) in [7, 11) is 0. The molecule has 0 aliphatic rings. The maximum Gasteiger partial charge on any atom is 0.0718 e. The first kappa shape index (κ1) is 12.3. The molecule has 2 rings (SSSR count). The number of hydrogen-bond acceptors (Lipinski definition) is 3. The van der Waals surface area contributed by atoms with E-state index < -0.39 is 0 Å². The zero-order chi connectivity index (χ0) is 12.3. The maximum atomic E-state index is 5.67. The van der Waals surface area contributed by atoms with E-state index in [0.29, 0.717) is 0 Å². The van der Waals surface area contributed by atoms with Crippen LogP contribution in [0, 0.1) is 6.92 Å². The van der Waals surface area contributed by atoms with Crippen molar-refractivity contribution < 1.29 is 0 Å². The predicted octanol–water partition coefficient (Wildman–Crippen LogP) is 3.17. The quantitative estimate of drug-likeness (QED) is 0.642. The van der Waals surface area contributed by atoms with E-state index >= 15 is 0 Å². The van der Waals surface area contributed by atoms with Crippen molar-refractivity contribution in [2.24, 2.45) is 5.84 Å². The van der Waals surface area contributed by atoms with E-state index in [1.165, 1.54) is 21.6 Å². The van der Waals surface area contributed by atoms with E-state index in [4.69, 9.17) is 5.84 Å². The van der Waals surface area contributed by atoms with Crippen LogP contribution in [0.1, 0.15) is 34.5 Å². The number of hydrazine groups is 1. The fourth-order valence-corrected chi connectivity index (χ4v) is 2.68. The average Bonchev–Trinajstić information content (AvgIpc) is 2.78. The summed E-state index contributed by atoms with van der Waals surface area (Å²) in [5, 5.41) is 2.16. The molecule has 1 atom stereocenters. The van der Waals surface area contributed by atoms with Gasteiger partial charge in [0.25, 0.3) is 0 Å². The third-order valence-corrected chi connectivity index (χ3v) is 3.85. The minimum atomic E-state index is 0.0888. The monoisotopic (exact) mass is 246 g/mol. The van der Waals surface area contributed by atoms with E-state index in [9.17, 15) is 0 Å². The Morgan fingerprint density at radius 3 is 2.41 bits per heavy atom. The molecule has 0 aliphatic carbocycles. The van der Waals surface area contributed by atoms with Crippen LogP contribution in [0.25, 0.3) is 0 Å². The molecule has 3 heteroatoms. The van der Waals surface area contributed by atoms with Crippen LogP contribution >= 0.6 is 11.3 Å². The van der Waals surface area contributed by atoms with Gasteiger partial charge in [-0.05, 0) is 41.5 Å². The maximum absolute atomic E-state index is 5.67. The highest BCUT2D eigenvalue weighted by Gasteiger charge is 2.13. The van der Waals surface area contributed by atoms with Crippen LogP contribution in [0.4, 0.5) is 0 Å². The van der Waals surface area contributed by atoms with Crippen molar-refractivity contribution in [3.8, 4) is 0 Å². The molecule has 0 amide bonds. The van der Waals surface area contributed by atoms with Crippen LogP contribution in [0.5, 0.6) is 0 Å². The van der Waals surface area contributed by atoms with Crippen molar-refractivity contribution in [1.82, 2.24) is 5.43 Å². The predicted molar refractivity (Wildman–Crippen MR) is 74.0 cm³/mol. The topological polar surface area (TPSA) is 38.0 Å². The third-order valence-electron chi connectivity index (χ3n) is 2.97. The number of rotatable bonds is 4. The molecule has 1 aromatic carbocycles. The lowest BCUT2D eigenvalue weighted by atomic mass is 10.00. The molecule has 0 saturated carbocycles. The van der Waals surface area contributed by atoms with Gasteiger partial charge in [0.1, 0.15) is 0 Å². The van der Waals surface area contributed by atoms with Gasteiger partial charge in [0, 0.05) is 4.88 Å². The molecule has 0 bridgehead atoms. The van der Waals surface area contributed by atoms with E-state index in [1.54, 1.807) is 11.3 Å². The number of thiophene rings is 1. The van der Waals surface area contributed by atoms with Gasteiger partial charge in [-0.3, -0.25) is 5.84 Å². The molecular formula is C14H18N2S. The Morgan fingerprint density at radius 1 is 1.24 bits per heavy atom. The van der Waals surface area contributed by atoms with E-state index in [0.717, 1.165) is 6.42 Å². The molecule has 2 aromatic rings. The van der Waals surface area contributed by atoms with Gasteiger partial charge in [0.2, 0.25) is 0 Å². The molecule has 0 aliphatic heterocycles. The van der Waals surface area contributed by atoms with Crippen LogP contribution in [0.15, 0.2) is 35.7 Å². The lowest BCUT2D eigenvalue weighted by molar-refractivity contribution is 0.638. The Morgan fingerprint density at radius 2 is 1.94 bits per heavy atom. The van der Waals surface area contributed by atoms with Crippen LogP contribution in [-0.2, 0) is 6.42 Å². The molecule has 0 spiro atoms. The van der Waals surface area contributed by atoms with E-state index in [1.807, 2.05) is 0 Å². The van der Waals surface area contributed by atoms with Crippen molar-refractivity contribution >= 4 is 11.3 Å². The van der Waals surface area contributed by atoms with E-state index in [-0.39, 0.29) is 6.04 Å². The first-order valence-electron chi connectivity index (χ1n) is 5.84. The second kappa shape index (κ2) is 5.45. The molecule has 17 heavy (non-hydrogen) atoms. The van der Waals surface area contributed by atoms with Gasteiger partial charge in [0.15, 0.2) is 0 Å². The van der Waals surface area contributed by atoms with Gasteiger partial charge in [0.05, 0.1) is 6.04 Å². The molecule has 0 fully saturated rings. The Balaban J connectivity index is 2.28. The van der Waals surface area contributed by atoms with Crippen LogP contribution in [0.2, 0.25) is 0 Å². The van der Waals surface area contributed by atoms with Gasteiger partial charge in [-0.2, -0.15) is 0 Å². The minimum Gasteiger partial charge on any atom is -0.271 e. The second-order valence-corrected chi connectivity index (χ2v) is 5.30. The Labute approximate surface area is 106 Å². The Hall–Kier alpha value is -1.16. The molecule has 3 N–H and O–H groups in total. The molecule has 1 unspecified atom stereocenters. The highest BCUT2D eigenvalue weighted by atomic mass is 32.1. The van der Waals surface area contributed by atoms with Crippen molar-refractivity contribution in [3.63, 3.8) is 0 Å². The molecule has 90 valence electrons. The summed E-state index contributed by atoms with van der Waals surface area (Å²) in [6.07, 6.45) is 1.07. The molecule has 0 radical (unpaired) electrons. The summed E-state index contributed by atoms with van der Waals surface area (Å²) < 4.78 is 0. The van der Waals surface area contributed by atoms with Crippen LogP contribution in [0.3, 0.4) is 0 Å². The summed E-state index contributed by atoms with van der Waals surface area (Å²) in [5.74, 6) is 5.67. The average molecular weight is 246 g/mol. The molecule has 0 saturated heterocycles. The summed E-state index contributed by atoms with van der Waals surface area (Å²) in [5.41, 5.74) is 6.69. The van der Waals surface area contributed by atoms with Gasteiger partial charge < -0.3 is 0 Å². The summed E-state index contributed by atoms with van der Waals surface area (Å²) >= 11 is 1.75. The largest absolute Gasteiger partial charge is 0.271 e. The number of hydrogen-bond donors (Lipinski definition) is 2. The van der Waals surface area contributed by atoms with Gasteiger partial charge in [-0.25, -0.2) is 5.43 Å². The zero-order valence-electron chi connectivity index (χ0n) is 10.2. The van der Waals surface area contributed by atoms with Crippen molar-refractivity contribution in [2.75, 3.05) is 0 Å². The summed E-state index contributed by atoms with van der Waals surface area (Å²) in [4.78, 5) is 1.31. The normalized spacial score (nSPS) is 12.6. The first-order valence-corrected chi connectivity index (χ1v) is 6.72. The SMILES string of the molecule is CCc1ccc(C(NN)c2csc(C)c2)cc1. The number of aryl methyl sites for hydroxylation is 2. The van der Waals surface area contributed by atoms with Gasteiger partial charge >= 0.3 is 0 Å². The van der Waals surface area contributed by atoms with E-state index in [2.05, 4.69) is 55.0 Å². The third kappa shape index (κ3) is 2.75. The van der Waals surface area contributed by atoms with Crippen LogP contribution in [-0.4, -0.2) is 0 Å². The fourth-order valence-electron chi connectivity index (χ4n) is 1.95. The number of benzene rings is 1. The molecule has 1 heterocycles. The molecule has 2 nitrogen and oxygen atoms in total. The highest BCUT2D eigenvalue weighted by molar-refractivity contribution is 7.10. The van der Waals surface area contributed by atoms with Crippen molar-refractivity contribution in [2.45, 2.75) is 26.3 Å². The zero-order valence-corrected chi connectivity index (χ0v) is 11.1. The van der Waals surface area contributed by atoms with Crippen LogP contribution < -0.4 is 11.3 Å². The summed E-state index contributed by atoms with van der Waals surface area (Å²) in [6, 6.07) is 10.9. The van der Waals surface area contributed by atoms with Crippen molar-refractivity contribution in [3.05, 3.63) is 57.3 Å². The minimum absolute atomic E-state index is 0.0888. The highest BCUT2D eigenvalue weighted by Crippen LogP contribution is 2.25. The Bertz CT molecular complexity index is 473. The fraction of sp³-hybridized carbons (Fsp3) is 0.286. The van der Waals surface area contributed by atoms with Crippen molar-refractivity contribution in [1.29, 1.82) is 0 Å². The molecular weight excluding hydrogens is 228 g/mol. The van der Waals surface area contributed by atoms with Gasteiger partial charge in [-0.15, -0.1) is 11.3 Å². The number of nitrogens with two attached hydrogens (primary N) is 1. The Kier molecular flexibility index (Phi) is 3.94. The smallest absolute Gasteiger partial charge is 0.0718 e. The first-order chi connectivity index (χ1) is 8.24. The summed E-state index contributed by atoms with van der Waals surface area (Å²) in [6.45, 7) is 4.28. The number of nitrogens with one attached hydrogen (secondary N) is 1.